The van der Waals surface area contributed by atoms with Gasteiger partial charge in [-0.05, 0) is 49.9 Å². The van der Waals surface area contributed by atoms with Gasteiger partial charge in [-0.2, -0.15) is 0 Å². The van der Waals surface area contributed by atoms with Gasteiger partial charge in [0, 0.05) is 11.1 Å². The average molecular weight is 309 g/mol. The first-order valence-electron chi connectivity index (χ1n) is 7.87. The van der Waals surface area contributed by atoms with E-state index in [0.29, 0.717) is 12.5 Å². The summed E-state index contributed by atoms with van der Waals surface area (Å²) in [5.74, 6) is 0.678. The fourth-order valence-corrected chi connectivity index (χ4v) is 3.29. The van der Waals surface area contributed by atoms with Gasteiger partial charge in [0.05, 0.1) is 6.54 Å². The SMILES string of the molecule is CNCC(=O)NC(Cc1ccc(Cl)cc1)C1CCCCC1. The van der Waals surface area contributed by atoms with Gasteiger partial charge < -0.3 is 10.6 Å². The zero-order valence-electron chi connectivity index (χ0n) is 12.7. The van der Waals surface area contributed by atoms with E-state index in [1.165, 1.54) is 37.7 Å². The Morgan fingerprint density at radius 1 is 1.24 bits per heavy atom. The molecule has 1 atom stereocenters. The van der Waals surface area contributed by atoms with Crippen molar-refractivity contribution in [3.05, 3.63) is 34.9 Å². The molecular formula is C17H25ClN2O. The number of carbonyl (C=O) groups is 1. The van der Waals surface area contributed by atoms with E-state index in [4.69, 9.17) is 11.6 Å². The molecule has 116 valence electrons. The molecule has 1 aliphatic rings. The highest BCUT2D eigenvalue weighted by Gasteiger charge is 2.25. The van der Waals surface area contributed by atoms with E-state index in [0.717, 1.165) is 11.4 Å². The van der Waals surface area contributed by atoms with Crippen LogP contribution >= 0.6 is 11.6 Å². The molecule has 2 rings (SSSR count). The third kappa shape index (κ3) is 5.33. The number of rotatable bonds is 6. The fraction of sp³-hybridized carbons (Fsp3) is 0.588. The summed E-state index contributed by atoms with van der Waals surface area (Å²) in [6.45, 7) is 0.379. The first-order valence-corrected chi connectivity index (χ1v) is 8.25. The van der Waals surface area contributed by atoms with Crippen LogP contribution in [0.4, 0.5) is 0 Å². The normalized spacial score (nSPS) is 17.4. The van der Waals surface area contributed by atoms with Crippen LogP contribution in [-0.2, 0) is 11.2 Å². The molecule has 1 aromatic rings. The monoisotopic (exact) mass is 308 g/mol. The van der Waals surface area contributed by atoms with Gasteiger partial charge in [0.25, 0.3) is 0 Å². The van der Waals surface area contributed by atoms with Crippen molar-refractivity contribution in [2.24, 2.45) is 5.92 Å². The summed E-state index contributed by atoms with van der Waals surface area (Å²) in [6, 6.07) is 8.19. The average Bonchev–Trinajstić information content (AvgIpc) is 2.50. The molecule has 1 saturated carbocycles. The molecule has 1 unspecified atom stereocenters. The van der Waals surface area contributed by atoms with Crippen LogP contribution in [0.15, 0.2) is 24.3 Å². The molecule has 2 N–H and O–H groups in total. The van der Waals surface area contributed by atoms with Crippen molar-refractivity contribution in [2.45, 2.75) is 44.6 Å². The highest BCUT2D eigenvalue weighted by Crippen LogP contribution is 2.28. The highest BCUT2D eigenvalue weighted by molar-refractivity contribution is 6.30. The molecule has 4 heteroatoms. The van der Waals surface area contributed by atoms with Gasteiger partial charge in [-0.3, -0.25) is 4.79 Å². The molecule has 1 fully saturated rings. The third-order valence-electron chi connectivity index (χ3n) is 4.27. The number of likely N-dealkylation sites (N-methyl/N-ethyl adjacent to an activating group) is 1. The smallest absolute Gasteiger partial charge is 0.234 e. The van der Waals surface area contributed by atoms with Gasteiger partial charge >= 0.3 is 0 Å². The minimum Gasteiger partial charge on any atom is -0.352 e. The number of hydrogen-bond donors (Lipinski definition) is 2. The second-order valence-corrected chi connectivity index (χ2v) is 6.37. The number of hydrogen-bond acceptors (Lipinski definition) is 2. The Kier molecular flexibility index (Phi) is 6.52. The van der Waals surface area contributed by atoms with Crippen molar-refractivity contribution in [1.29, 1.82) is 0 Å². The summed E-state index contributed by atoms with van der Waals surface area (Å²) in [5, 5.41) is 6.89. The molecule has 0 spiro atoms. The lowest BCUT2D eigenvalue weighted by molar-refractivity contribution is -0.121. The summed E-state index contributed by atoms with van der Waals surface area (Å²) in [6.07, 6.45) is 7.22. The Labute approximate surface area is 132 Å². The molecule has 0 heterocycles. The van der Waals surface area contributed by atoms with Crippen molar-refractivity contribution in [2.75, 3.05) is 13.6 Å². The molecule has 0 aliphatic heterocycles. The molecule has 1 aromatic carbocycles. The maximum atomic E-state index is 11.9. The van der Waals surface area contributed by atoms with Crippen molar-refractivity contribution in [3.8, 4) is 0 Å². The van der Waals surface area contributed by atoms with Crippen LogP contribution < -0.4 is 10.6 Å². The van der Waals surface area contributed by atoms with Gasteiger partial charge in [-0.15, -0.1) is 0 Å². The van der Waals surface area contributed by atoms with E-state index >= 15 is 0 Å². The zero-order chi connectivity index (χ0) is 15.1. The quantitative estimate of drug-likeness (QED) is 0.847. The second kappa shape index (κ2) is 8.40. The molecule has 0 aromatic heterocycles. The molecule has 0 radical (unpaired) electrons. The molecule has 21 heavy (non-hydrogen) atoms. The van der Waals surface area contributed by atoms with Gasteiger partial charge in [-0.25, -0.2) is 0 Å². The van der Waals surface area contributed by atoms with Crippen molar-refractivity contribution >= 4 is 17.5 Å². The lowest BCUT2D eigenvalue weighted by Crippen LogP contribution is -2.45. The van der Waals surface area contributed by atoms with E-state index in [9.17, 15) is 4.79 Å². The topological polar surface area (TPSA) is 41.1 Å². The van der Waals surface area contributed by atoms with E-state index in [1.807, 2.05) is 12.1 Å². The van der Waals surface area contributed by atoms with Gasteiger partial charge in [-0.1, -0.05) is 43.0 Å². The maximum absolute atomic E-state index is 11.9. The summed E-state index contributed by atoms with van der Waals surface area (Å²) in [5.41, 5.74) is 1.24. The minimum absolute atomic E-state index is 0.0852. The Bertz CT molecular complexity index is 441. The van der Waals surface area contributed by atoms with E-state index < -0.39 is 0 Å². The van der Waals surface area contributed by atoms with Crippen LogP contribution in [0.1, 0.15) is 37.7 Å². The van der Waals surface area contributed by atoms with E-state index in [1.54, 1.807) is 7.05 Å². The molecular weight excluding hydrogens is 284 g/mol. The summed E-state index contributed by atoms with van der Waals surface area (Å²) in [4.78, 5) is 11.9. The summed E-state index contributed by atoms with van der Waals surface area (Å²) >= 11 is 5.94. The van der Waals surface area contributed by atoms with E-state index in [2.05, 4.69) is 22.8 Å². The molecule has 0 bridgehead atoms. The van der Waals surface area contributed by atoms with Crippen LogP contribution in [-0.4, -0.2) is 25.5 Å². The van der Waals surface area contributed by atoms with Gasteiger partial charge in [0.2, 0.25) is 5.91 Å². The van der Waals surface area contributed by atoms with Crippen molar-refractivity contribution < 1.29 is 4.79 Å². The first kappa shape index (κ1) is 16.3. The maximum Gasteiger partial charge on any atom is 0.234 e. The molecule has 0 saturated heterocycles. The fourth-order valence-electron chi connectivity index (χ4n) is 3.16. The van der Waals surface area contributed by atoms with Crippen LogP contribution in [0.3, 0.4) is 0 Å². The zero-order valence-corrected chi connectivity index (χ0v) is 13.5. The van der Waals surface area contributed by atoms with Gasteiger partial charge in [0.1, 0.15) is 0 Å². The van der Waals surface area contributed by atoms with Crippen LogP contribution in [0, 0.1) is 5.92 Å². The molecule has 1 amide bonds. The second-order valence-electron chi connectivity index (χ2n) is 5.93. The first-order chi connectivity index (χ1) is 10.2. The van der Waals surface area contributed by atoms with Gasteiger partial charge in [0.15, 0.2) is 0 Å². The third-order valence-corrected chi connectivity index (χ3v) is 4.52. The summed E-state index contributed by atoms with van der Waals surface area (Å²) < 4.78 is 0. The molecule has 1 aliphatic carbocycles. The van der Waals surface area contributed by atoms with Crippen LogP contribution in [0.25, 0.3) is 0 Å². The number of amides is 1. The Hall–Kier alpha value is -1.06. The molecule has 3 nitrogen and oxygen atoms in total. The standard InChI is InChI=1S/C17H25ClN2O/c1-19-12-17(21)20-16(14-5-3-2-4-6-14)11-13-7-9-15(18)10-8-13/h7-10,14,16,19H,2-6,11-12H2,1H3,(H,20,21). The van der Waals surface area contributed by atoms with E-state index in [-0.39, 0.29) is 11.9 Å². The number of halogens is 1. The highest BCUT2D eigenvalue weighted by atomic mass is 35.5. The number of carbonyl (C=O) groups excluding carboxylic acids is 1. The Balaban J connectivity index is 2.02. The lowest BCUT2D eigenvalue weighted by Gasteiger charge is -2.31. The van der Waals surface area contributed by atoms with Crippen LogP contribution in [0.5, 0.6) is 0 Å². The van der Waals surface area contributed by atoms with Crippen LogP contribution in [0.2, 0.25) is 5.02 Å². The largest absolute Gasteiger partial charge is 0.352 e. The lowest BCUT2D eigenvalue weighted by atomic mass is 9.81. The van der Waals surface area contributed by atoms with Crippen molar-refractivity contribution in [1.82, 2.24) is 10.6 Å². The predicted molar refractivity (Wildman–Crippen MR) is 87.6 cm³/mol. The minimum atomic E-state index is 0.0852. The Morgan fingerprint density at radius 2 is 1.90 bits per heavy atom. The number of nitrogens with one attached hydrogen (secondary N) is 2. The summed E-state index contributed by atoms with van der Waals surface area (Å²) in [7, 11) is 1.80. The van der Waals surface area contributed by atoms with Crippen molar-refractivity contribution in [3.63, 3.8) is 0 Å². The predicted octanol–water partition coefficient (Wildman–Crippen LogP) is 3.17. The number of benzene rings is 1. The Morgan fingerprint density at radius 3 is 2.52 bits per heavy atom.